The number of benzene rings is 2. The Bertz CT molecular complexity index is 1380. The van der Waals surface area contributed by atoms with Gasteiger partial charge in [0.1, 0.15) is 16.1 Å². The largest absolute Gasteiger partial charge is 0.352 e. The van der Waals surface area contributed by atoms with Gasteiger partial charge in [-0.3, -0.25) is 14.4 Å². The van der Waals surface area contributed by atoms with Crippen LogP contribution in [-0.4, -0.2) is 39.9 Å². The van der Waals surface area contributed by atoms with Crippen molar-refractivity contribution < 1.29 is 9.59 Å². The molecule has 0 saturated heterocycles. The van der Waals surface area contributed by atoms with Crippen molar-refractivity contribution >= 4 is 23.2 Å². The van der Waals surface area contributed by atoms with Gasteiger partial charge in [0.25, 0.3) is 11.8 Å². The molecule has 2 amide bonds. The fourth-order valence-electron chi connectivity index (χ4n) is 3.69. The van der Waals surface area contributed by atoms with Gasteiger partial charge in [-0.25, -0.2) is 4.98 Å². The number of carbonyl (C=O) groups excluding carboxylic acids is 2. The van der Waals surface area contributed by atoms with Gasteiger partial charge in [-0.05, 0) is 12.5 Å². The average molecular weight is 487 g/mol. The van der Waals surface area contributed by atoms with Gasteiger partial charge in [0, 0.05) is 43.5 Å². The summed E-state index contributed by atoms with van der Waals surface area (Å²) in [5.74, 6) is -0.955. The van der Waals surface area contributed by atoms with Crippen LogP contribution in [0.1, 0.15) is 38.2 Å². The first-order valence-corrected chi connectivity index (χ1v) is 12.2. The van der Waals surface area contributed by atoms with Crippen LogP contribution in [0, 0.1) is 0 Å². The predicted octanol–water partition coefficient (Wildman–Crippen LogP) is 4.04. The van der Waals surface area contributed by atoms with Gasteiger partial charge in [0.15, 0.2) is 0 Å². The lowest BCUT2D eigenvalue weighted by molar-refractivity contribution is 0.0782. The summed E-state index contributed by atoms with van der Waals surface area (Å²) in [6.07, 6.45) is 3.03. The quantitative estimate of drug-likeness (QED) is 0.407. The molecule has 0 aliphatic carbocycles. The lowest BCUT2D eigenvalue weighted by Crippen LogP contribution is -2.36. The number of aromatic nitrogens is 2. The van der Waals surface area contributed by atoms with E-state index in [1.807, 2.05) is 66.0 Å². The number of nitrogens with one attached hydrogen (secondary N) is 1. The zero-order valence-corrected chi connectivity index (χ0v) is 20.4. The molecule has 0 fully saturated rings. The number of thiazole rings is 1. The van der Waals surface area contributed by atoms with Crippen LogP contribution in [0.5, 0.6) is 0 Å². The standard InChI is InChI=1S/C27H26N4O3S/c1-3-28-26(33)21-15-31(14-19-10-6-4-7-11-19)16-22(25(21)32)27(34)30(2)17-24-29-23(18-35-24)20-12-8-5-9-13-20/h4-13,15-16,18H,3,14,17H2,1-2H3,(H,28,33). The molecule has 7 nitrogen and oxygen atoms in total. The van der Waals surface area contributed by atoms with Crippen molar-refractivity contribution in [3.05, 3.63) is 110 Å². The number of nitrogens with zero attached hydrogens (tertiary/aromatic N) is 3. The van der Waals surface area contributed by atoms with Crippen molar-refractivity contribution in [1.29, 1.82) is 0 Å². The van der Waals surface area contributed by atoms with E-state index in [9.17, 15) is 14.4 Å². The second-order valence-electron chi connectivity index (χ2n) is 8.09. The first kappa shape index (κ1) is 24.1. The molecule has 35 heavy (non-hydrogen) atoms. The smallest absolute Gasteiger partial charge is 0.259 e. The maximum atomic E-state index is 13.3. The molecular weight excluding hydrogens is 460 g/mol. The molecule has 0 unspecified atom stereocenters. The Balaban J connectivity index is 1.61. The molecule has 0 saturated carbocycles. The van der Waals surface area contributed by atoms with Crippen LogP contribution in [0.15, 0.2) is 83.2 Å². The molecule has 2 heterocycles. The summed E-state index contributed by atoms with van der Waals surface area (Å²) in [6.45, 7) is 2.83. The number of hydrogen-bond donors (Lipinski definition) is 1. The van der Waals surface area contributed by atoms with Gasteiger partial charge in [-0.1, -0.05) is 60.7 Å². The van der Waals surface area contributed by atoms with Crippen LogP contribution in [0.3, 0.4) is 0 Å². The minimum absolute atomic E-state index is 0.0491. The van der Waals surface area contributed by atoms with Crippen molar-refractivity contribution in [1.82, 2.24) is 19.8 Å². The third kappa shape index (κ3) is 5.73. The van der Waals surface area contributed by atoms with Crippen LogP contribution in [-0.2, 0) is 13.1 Å². The Kier molecular flexibility index (Phi) is 7.52. The van der Waals surface area contributed by atoms with E-state index in [1.165, 1.54) is 28.6 Å². The molecule has 0 radical (unpaired) electrons. The van der Waals surface area contributed by atoms with Gasteiger partial charge in [0.05, 0.1) is 12.2 Å². The molecule has 0 atom stereocenters. The molecule has 1 N–H and O–H groups in total. The number of pyridine rings is 1. The van der Waals surface area contributed by atoms with E-state index < -0.39 is 17.2 Å². The first-order valence-electron chi connectivity index (χ1n) is 11.3. The van der Waals surface area contributed by atoms with Crippen LogP contribution in [0.4, 0.5) is 0 Å². The zero-order valence-electron chi connectivity index (χ0n) is 19.6. The van der Waals surface area contributed by atoms with Gasteiger partial charge in [0.2, 0.25) is 5.43 Å². The minimum Gasteiger partial charge on any atom is -0.352 e. The highest BCUT2D eigenvalue weighted by atomic mass is 32.1. The molecule has 0 aliphatic heterocycles. The molecule has 178 valence electrons. The first-order chi connectivity index (χ1) is 17.0. The van der Waals surface area contributed by atoms with E-state index in [0.29, 0.717) is 13.1 Å². The fourth-order valence-corrected chi connectivity index (χ4v) is 4.55. The molecule has 0 spiro atoms. The van der Waals surface area contributed by atoms with Crippen LogP contribution in [0.25, 0.3) is 11.3 Å². The summed E-state index contributed by atoms with van der Waals surface area (Å²) in [7, 11) is 1.63. The topological polar surface area (TPSA) is 84.3 Å². The van der Waals surface area contributed by atoms with Crippen molar-refractivity contribution in [2.75, 3.05) is 13.6 Å². The Labute approximate surface area is 207 Å². The molecule has 8 heteroatoms. The summed E-state index contributed by atoms with van der Waals surface area (Å²) >= 11 is 1.46. The number of rotatable bonds is 8. The molecule has 4 aromatic rings. The summed E-state index contributed by atoms with van der Waals surface area (Å²) in [6, 6.07) is 19.5. The van der Waals surface area contributed by atoms with Crippen molar-refractivity contribution in [3.63, 3.8) is 0 Å². The number of hydrogen-bond acceptors (Lipinski definition) is 5. The summed E-state index contributed by atoms with van der Waals surface area (Å²) in [5.41, 5.74) is 2.15. The monoisotopic (exact) mass is 486 g/mol. The number of amides is 2. The van der Waals surface area contributed by atoms with Crippen LogP contribution in [0.2, 0.25) is 0 Å². The van der Waals surface area contributed by atoms with E-state index in [4.69, 9.17) is 0 Å². The lowest BCUT2D eigenvalue weighted by Gasteiger charge is -2.17. The summed E-state index contributed by atoms with van der Waals surface area (Å²) in [4.78, 5) is 45.2. The Morgan fingerprint density at radius 2 is 1.66 bits per heavy atom. The maximum Gasteiger partial charge on any atom is 0.259 e. The van der Waals surface area contributed by atoms with Crippen molar-refractivity contribution in [2.24, 2.45) is 0 Å². The van der Waals surface area contributed by atoms with E-state index in [-0.39, 0.29) is 17.7 Å². The summed E-state index contributed by atoms with van der Waals surface area (Å²) in [5, 5.41) is 5.37. The molecule has 2 aromatic carbocycles. The third-order valence-electron chi connectivity index (χ3n) is 5.44. The third-order valence-corrected chi connectivity index (χ3v) is 6.27. The van der Waals surface area contributed by atoms with Crippen LogP contribution < -0.4 is 10.7 Å². The Morgan fingerprint density at radius 1 is 1.00 bits per heavy atom. The minimum atomic E-state index is -0.582. The molecular formula is C27H26N4O3S. The Morgan fingerprint density at radius 3 is 2.34 bits per heavy atom. The highest BCUT2D eigenvalue weighted by Crippen LogP contribution is 2.22. The van der Waals surface area contributed by atoms with Crippen molar-refractivity contribution in [2.45, 2.75) is 20.0 Å². The predicted molar refractivity (Wildman–Crippen MR) is 138 cm³/mol. The van der Waals surface area contributed by atoms with E-state index in [1.54, 1.807) is 18.5 Å². The maximum absolute atomic E-state index is 13.3. The summed E-state index contributed by atoms with van der Waals surface area (Å²) < 4.78 is 1.71. The van der Waals surface area contributed by atoms with Gasteiger partial charge < -0.3 is 14.8 Å². The average Bonchev–Trinajstić information content (AvgIpc) is 3.34. The highest BCUT2D eigenvalue weighted by Gasteiger charge is 2.22. The molecule has 0 bridgehead atoms. The van der Waals surface area contributed by atoms with Gasteiger partial charge >= 0.3 is 0 Å². The normalized spacial score (nSPS) is 10.7. The van der Waals surface area contributed by atoms with E-state index >= 15 is 0 Å². The second-order valence-corrected chi connectivity index (χ2v) is 9.03. The van der Waals surface area contributed by atoms with Gasteiger partial charge in [-0.2, -0.15) is 0 Å². The second kappa shape index (κ2) is 10.9. The van der Waals surface area contributed by atoms with Gasteiger partial charge in [-0.15, -0.1) is 11.3 Å². The van der Waals surface area contributed by atoms with Crippen LogP contribution >= 0.6 is 11.3 Å². The van der Waals surface area contributed by atoms with E-state index in [2.05, 4.69) is 10.3 Å². The molecule has 0 aliphatic rings. The molecule has 4 rings (SSSR count). The Hall–Kier alpha value is -4.04. The highest BCUT2D eigenvalue weighted by molar-refractivity contribution is 7.09. The number of carbonyl (C=O) groups is 2. The fraction of sp³-hybridized carbons (Fsp3) is 0.185. The van der Waals surface area contributed by atoms with Crippen molar-refractivity contribution in [3.8, 4) is 11.3 Å². The van der Waals surface area contributed by atoms with E-state index in [0.717, 1.165) is 21.8 Å². The lowest BCUT2D eigenvalue weighted by atomic mass is 10.1. The SMILES string of the molecule is CCNC(=O)c1cn(Cc2ccccc2)cc(C(=O)N(C)Cc2nc(-c3ccccc3)cs2)c1=O. The zero-order chi connectivity index (χ0) is 24.8. The molecule has 2 aromatic heterocycles.